The molecule has 0 aliphatic rings. The summed E-state index contributed by atoms with van der Waals surface area (Å²) in [5, 5.41) is 14.9. The largest absolute Gasteiger partial charge is 0.497 e. The van der Waals surface area contributed by atoms with Gasteiger partial charge in [0.2, 0.25) is 17.7 Å². The van der Waals surface area contributed by atoms with Gasteiger partial charge in [-0.3, -0.25) is 19.6 Å². The molecule has 3 atom stereocenters. The van der Waals surface area contributed by atoms with Crippen LogP contribution in [0, 0.1) is 17.8 Å². The zero-order valence-corrected chi connectivity index (χ0v) is 21.4. The number of carbonyl (C=O) groups is 3. The van der Waals surface area contributed by atoms with E-state index in [0.717, 1.165) is 16.2 Å². The zero-order chi connectivity index (χ0) is 25.8. The lowest BCUT2D eigenvalue weighted by Gasteiger charge is -2.28. The lowest BCUT2D eigenvalue weighted by atomic mass is 9.84. The van der Waals surface area contributed by atoms with E-state index in [1.54, 1.807) is 12.6 Å². The number of carbonyl (C=O) groups excluding carboxylic acids is 3. The quantitative estimate of drug-likeness (QED) is 0.190. The van der Waals surface area contributed by atoms with Gasteiger partial charge in [0.25, 0.3) is 0 Å². The van der Waals surface area contributed by atoms with Crippen LogP contribution < -0.4 is 20.9 Å². The highest BCUT2D eigenvalue weighted by molar-refractivity contribution is 7.99. The molecule has 0 aliphatic heterocycles. The number of methoxy groups -OCH3 is 1. The number of benzene rings is 2. The van der Waals surface area contributed by atoms with Gasteiger partial charge in [0.15, 0.2) is 0 Å². The van der Waals surface area contributed by atoms with Crippen molar-refractivity contribution in [3.63, 3.8) is 0 Å². The molecule has 0 unspecified atom stereocenters. The monoisotopic (exact) mass is 501 g/mol. The van der Waals surface area contributed by atoms with E-state index in [0.29, 0.717) is 12.8 Å². The Morgan fingerprint density at radius 2 is 1.60 bits per heavy atom. The molecule has 0 saturated carbocycles. The lowest BCUT2D eigenvalue weighted by Crippen LogP contribution is -2.51. The molecule has 2 rings (SSSR count). The maximum atomic E-state index is 13.5. The van der Waals surface area contributed by atoms with Crippen molar-refractivity contribution in [3.05, 3.63) is 60.2 Å². The Hall–Kier alpha value is -3.04. The molecule has 0 spiro atoms. The molecule has 0 aliphatic carbocycles. The molecular formula is C26H35N3O5S. The number of thioether (sulfide) groups is 1. The summed E-state index contributed by atoms with van der Waals surface area (Å²) in [4.78, 5) is 39.6. The van der Waals surface area contributed by atoms with Crippen molar-refractivity contribution < 1.29 is 24.3 Å². The SMILES string of the molecule is CNC(=O)[C@@H](Cc1ccccc1)NC(=O)[C@@H](CC(C)C)[C@H](CSc1ccc(OC)cc1)C(=O)NO. The van der Waals surface area contributed by atoms with Crippen LogP contribution >= 0.6 is 11.8 Å². The molecule has 0 bridgehead atoms. The highest BCUT2D eigenvalue weighted by Gasteiger charge is 2.36. The zero-order valence-electron chi connectivity index (χ0n) is 20.6. The van der Waals surface area contributed by atoms with E-state index in [2.05, 4.69) is 10.6 Å². The molecule has 0 aromatic heterocycles. The van der Waals surface area contributed by atoms with Gasteiger partial charge in [-0.2, -0.15) is 0 Å². The van der Waals surface area contributed by atoms with Gasteiger partial charge in [-0.1, -0.05) is 44.2 Å². The third-order valence-electron chi connectivity index (χ3n) is 5.65. The Morgan fingerprint density at radius 1 is 0.943 bits per heavy atom. The first-order valence-corrected chi connectivity index (χ1v) is 12.5. The van der Waals surface area contributed by atoms with Crippen molar-refractivity contribution in [2.24, 2.45) is 17.8 Å². The van der Waals surface area contributed by atoms with Gasteiger partial charge in [-0.15, -0.1) is 11.8 Å². The molecule has 4 N–H and O–H groups in total. The summed E-state index contributed by atoms with van der Waals surface area (Å²) in [5.74, 6) is -1.80. The van der Waals surface area contributed by atoms with E-state index in [4.69, 9.17) is 4.74 Å². The molecule has 2 aromatic carbocycles. The third kappa shape index (κ3) is 8.92. The van der Waals surface area contributed by atoms with Crippen LogP contribution in [0.3, 0.4) is 0 Å². The van der Waals surface area contributed by atoms with E-state index in [1.165, 1.54) is 18.8 Å². The van der Waals surface area contributed by atoms with Gasteiger partial charge in [-0.25, -0.2) is 5.48 Å². The van der Waals surface area contributed by atoms with Gasteiger partial charge >= 0.3 is 0 Å². The van der Waals surface area contributed by atoms with Crippen LogP contribution in [-0.2, 0) is 20.8 Å². The minimum atomic E-state index is -0.809. The summed E-state index contributed by atoms with van der Waals surface area (Å²) in [6, 6.07) is 16.0. The number of hydrogen-bond donors (Lipinski definition) is 4. The maximum absolute atomic E-state index is 13.5. The topological polar surface area (TPSA) is 117 Å². The normalized spacial score (nSPS) is 13.4. The van der Waals surface area contributed by atoms with Crippen molar-refractivity contribution >= 4 is 29.5 Å². The highest BCUT2D eigenvalue weighted by Crippen LogP contribution is 2.30. The Morgan fingerprint density at radius 3 is 2.14 bits per heavy atom. The maximum Gasteiger partial charge on any atom is 0.248 e. The average molecular weight is 502 g/mol. The Balaban J connectivity index is 2.24. The predicted molar refractivity (Wildman–Crippen MR) is 136 cm³/mol. The van der Waals surface area contributed by atoms with E-state index in [1.807, 2.05) is 68.4 Å². The molecule has 3 amide bonds. The number of hydroxylamine groups is 1. The minimum Gasteiger partial charge on any atom is -0.497 e. The summed E-state index contributed by atoms with van der Waals surface area (Å²) < 4.78 is 5.18. The van der Waals surface area contributed by atoms with Crippen LogP contribution in [0.2, 0.25) is 0 Å². The minimum absolute atomic E-state index is 0.110. The summed E-state index contributed by atoms with van der Waals surface area (Å²) in [6.45, 7) is 3.93. The average Bonchev–Trinajstić information content (AvgIpc) is 2.87. The lowest BCUT2D eigenvalue weighted by molar-refractivity contribution is -0.140. The van der Waals surface area contributed by atoms with Gasteiger partial charge in [0, 0.05) is 24.1 Å². The molecule has 2 aromatic rings. The second kappa shape index (κ2) is 14.4. The van der Waals surface area contributed by atoms with E-state index in [9.17, 15) is 19.6 Å². The van der Waals surface area contributed by atoms with Crippen molar-refractivity contribution in [2.75, 3.05) is 19.9 Å². The smallest absolute Gasteiger partial charge is 0.248 e. The van der Waals surface area contributed by atoms with Crippen LogP contribution in [0.25, 0.3) is 0 Å². The molecule has 9 heteroatoms. The number of likely N-dealkylation sites (N-methyl/N-ethyl adjacent to an activating group) is 1. The molecule has 35 heavy (non-hydrogen) atoms. The van der Waals surface area contributed by atoms with Gasteiger partial charge < -0.3 is 15.4 Å². The first kappa shape index (κ1) is 28.2. The van der Waals surface area contributed by atoms with Crippen molar-refractivity contribution in [1.82, 2.24) is 16.1 Å². The second-order valence-corrected chi connectivity index (χ2v) is 9.76. The van der Waals surface area contributed by atoms with Crippen LogP contribution in [0.5, 0.6) is 5.75 Å². The van der Waals surface area contributed by atoms with Crippen LogP contribution in [0.15, 0.2) is 59.5 Å². The first-order valence-electron chi connectivity index (χ1n) is 11.6. The fourth-order valence-electron chi connectivity index (χ4n) is 3.79. The number of hydrogen-bond acceptors (Lipinski definition) is 6. The molecule has 0 saturated heterocycles. The van der Waals surface area contributed by atoms with Gasteiger partial charge in [-0.05, 0) is 42.2 Å². The fraction of sp³-hybridized carbons (Fsp3) is 0.423. The summed E-state index contributed by atoms with van der Waals surface area (Å²) in [5.41, 5.74) is 2.63. The summed E-state index contributed by atoms with van der Waals surface area (Å²) >= 11 is 1.41. The predicted octanol–water partition coefficient (Wildman–Crippen LogP) is 3.04. The van der Waals surface area contributed by atoms with Crippen LogP contribution in [0.4, 0.5) is 0 Å². The standard InChI is InChI=1S/C26H35N3O5S/c1-17(2)14-21(22(25(31)29-33)16-35-20-12-10-19(34-4)11-13-20)24(30)28-23(26(32)27-3)15-18-8-6-5-7-9-18/h5-13,17,21-23,33H,14-16H2,1-4H3,(H,27,32)(H,28,30)(H,29,31)/t21-,22-,23+/m0/s1. The van der Waals surface area contributed by atoms with E-state index in [-0.39, 0.29) is 17.6 Å². The highest BCUT2D eigenvalue weighted by atomic mass is 32.2. The van der Waals surface area contributed by atoms with E-state index < -0.39 is 29.7 Å². The Bertz CT molecular complexity index is 953. The summed E-state index contributed by atoms with van der Waals surface area (Å²) in [7, 11) is 3.11. The molecule has 0 fully saturated rings. The third-order valence-corrected chi connectivity index (χ3v) is 6.78. The number of amides is 3. The van der Waals surface area contributed by atoms with Gasteiger partial charge in [0.05, 0.1) is 18.9 Å². The summed E-state index contributed by atoms with van der Waals surface area (Å²) in [6.07, 6.45) is 0.733. The Kier molecular flexibility index (Phi) is 11.6. The first-order chi connectivity index (χ1) is 16.8. The number of nitrogens with one attached hydrogen (secondary N) is 3. The number of ether oxygens (including phenoxy) is 1. The Labute approximate surface area is 211 Å². The second-order valence-electron chi connectivity index (χ2n) is 8.67. The molecular weight excluding hydrogens is 466 g/mol. The van der Waals surface area contributed by atoms with Gasteiger partial charge in [0.1, 0.15) is 11.8 Å². The fourth-order valence-corrected chi connectivity index (χ4v) is 4.87. The molecule has 0 heterocycles. The molecule has 0 radical (unpaired) electrons. The van der Waals surface area contributed by atoms with Crippen LogP contribution in [-0.4, -0.2) is 48.9 Å². The van der Waals surface area contributed by atoms with Crippen molar-refractivity contribution in [2.45, 2.75) is 37.6 Å². The number of rotatable bonds is 13. The van der Waals surface area contributed by atoms with E-state index >= 15 is 0 Å². The molecule has 8 nitrogen and oxygen atoms in total. The van der Waals surface area contributed by atoms with Crippen LogP contribution in [0.1, 0.15) is 25.8 Å². The van der Waals surface area contributed by atoms with Crippen molar-refractivity contribution in [3.8, 4) is 5.75 Å². The van der Waals surface area contributed by atoms with Crippen molar-refractivity contribution in [1.29, 1.82) is 0 Å². The molecule has 190 valence electrons.